The lowest BCUT2D eigenvalue weighted by Gasteiger charge is -2.20. The molecular weight excluding hydrogens is 212 g/mol. The Bertz CT molecular complexity index is 502. The first-order valence-electron chi connectivity index (χ1n) is 6.29. The Morgan fingerprint density at radius 2 is 2.00 bits per heavy atom. The van der Waals surface area contributed by atoms with Crippen LogP contribution in [0.3, 0.4) is 0 Å². The Kier molecular flexibility index (Phi) is 3.48. The third kappa shape index (κ3) is 2.20. The van der Waals surface area contributed by atoms with Gasteiger partial charge in [-0.25, -0.2) is 4.98 Å². The zero-order valence-corrected chi connectivity index (χ0v) is 10.7. The molecule has 2 atom stereocenters. The SMILES string of the molecule is CCCc1nc2ccccc2n1C(C)C(C)O. The van der Waals surface area contributed by atoms with Gasteiger partial charge in [-0.15, -0.1) is 0 Å². The monoisotopic (exact) mass is 232 g/mol. The number of aliphatic hydroxyl groups is 1. The molecule has 3 heteroatoms. The standard InChI is InChI=1S/C14H20N2O/c1-4-7-14-15-12-8-5-6-9-13(12)16(14)10(2)11(3)17/h5-6,8-11,17H,4,7H2,1-3H3. The molecule has 0 fully saturated rings. The van der Waals surface area contributed by atoms with Crippen molar-refractivity contribution in [2.45, 2.75) is 45.8 Å². The maximum absolute atomic E-state index is 9.80. The van der Waals surface area contributed by atoms with Gasteiger partial charge in [-0.3, -0.25) is 0 Å². The van der Waals surface area contributed by atoms with Gasteiger partial charge in [0.1, 0.15) is 5.82 Å². The first-order valence-corrected chi connectivity index (χ1v) is 6.29. The number of para-hydroxylation sites is 2. The van der Waals surface area contributed by atoms with E-state index in [1.54, 1.807) is 0 Å². The summed E-state index contributed by atoms with van der Waals surface area (Å²) in [6.07, 6.45) is 1.64. The fraction of sp³-hybridized carbons (Fsp3) is 0.500. The molecule has 1 aromatic carbocycles. The lowest BCUT2D eigenvalue weighted by molar-refractivity contribution is 0.139. The van der Waals surface area contributed by atoms with Crippen LogP contribution in [-0.4, -0.2) is 20.8 Å². The van der Waals surface area contributed by atoms with Gasteiger partial charge in [0, 0.05) is 6.42 Å². The van der Waals surface area contributed by atoms with Crippen molar-refractivity contribution in [1.29, 1.82) is 0 Å². The second-order valence-electron chi connectivity index (χ2n) is 4.62. The molecule has 1 N–H and O–H groups in total. The quantitative estimate of drug-likeness (QED) is 0.880. The second kappa shape index (κ2) is 4.88. The Morgan fingerprint density at radius 3 is 2.65 bits per heavy atom. The minimum atomic E-state index is -0.372. The van der Waals surface area contributed by atoms with Crippen LogP contribution in [-0.2, 0) is 6.42 Å². The number of aryl methyl sites for hydroxylation is 1. The van der Waals surface area contributed by atoms with E-state index in [2.05, 4.69) is 22.5 Å². The predicted octanol–water partition coefficient (Wildman–Crippen LogP) is 2.93. The molecule has 0 aliphatic heterocycles. The van der Waals surface area contributed by atoms with E-state index in [0.29, 0.717) is 0 Å². The molecule has 0 spiro atoms. The van der Waals surface area contributed by atoms with E-state index in [4.69, 9.17) is 0 Å². The van der Waals surface area contributed by atoms with Crippen molar-refractivity contribution in [3.05, 3.63) is 30.1 Å². The zero-order chi connectivity index (χ0) is 12.4. The van der Waals surface area contributed by atoms with E-state index in [1.807, 2.05) is 32.0 Å². The van der Waals surface area contributed by atoms with Gasteiger partial charge in [-0.1, -0.05) is 19.1 Å². The van der Waals surface area contributed by atoms with E-state index in [1.165, 1.54) is 0 Å². The first kappa shape index (κ1) is 12.1. The van der Waals surface area contributed by atoms with Crippen LogP contribution in [0.4, 0.5) is 0 Å². The normalized spacial score (nSPS) is 15.1. The van der Waals surface area contributed by atoms with E-state index in [0.717, 1.165) is 29.7 Å². The van der Waals surface area contributed by atoms with Crippen LogP contribution in [0.1, 0.15) is 39.1 Å². The van der Waals surface area contributed by atoms with Crippen molar-refractivity contribution in [1.82, 2.24) is 9.55 Å². The van der Waals surface area contributed by atoms with Crippen LogP contribution in [0.2, 0.25) is 0 Å². The molecular formula is C14H20N2O. The van der Waals surface area contributed by atoms with Crippen LogP contribution in [0.5, 0.6) is 0 Å². The Labute approximate surface area is 102 Å². The minimum absolute atomic E-state index is 0.0592. The molecule has 2 aromatic rings. The average Bonchev–Trinajstić information content (AvgIpc) is 2.66. The Hall–Kier alpha value is -1.35. The van der Waals surface area contributed by atoms with E-state index < -0.39 is 0 Å². The number of imidazole rings is 1. The topological polar surface area (TPSA) is 38.0 Å². The predicted molar refractivity (Wildman–Crippen MR) is 70.1 cm³/mol. The lowest BCUT2D eigenvalue weighted by atomic mass is 10.2. The van der Waals surface area contributed by atoms with Crippen molar-refractivity contribution in [2.24, 2.45) is 0 Å². The fourth-order valence-electron chi connectivity index (χ4n) is 2.16. The number of rotatable bonds is 4. The summed E-state index contributed by atoms with van der Waals surface area (Å²) in [5.41, 5.74) is 2.13. The third-order valence-corrected chi connectivity index (χ3v) is 3.25. The van der Waals surface area contributed by atoms with Gasteiger partial charge in [-0.05, 0) is 32.4 Å². The molecule has 0 aliphatic rings. The molecule has 0 saturated carbocycles. The van der Waals surface area contributed by atoms with Gasteiger partial charge >= 0.3 is 0 Å². The van der Waals surface area contributed by atoms with Crippen LogP contribution in [0, 0.1) is 0 Å². The van der Waals surface area contributed by atoms with Gasteiger partial charge in [-0.2, -0.15) is 0 Å². The molecule has 0 saturated heterocycles. The van der Waals surface area contributed by atoms with Crippen molar-refractivity contribution in [3.63, 3.8) is 0 Å². The van der Waals surface area contributed by atoms with Crippen LogP contribution in [0.15, 0.2) is 24.3 Å². The highest BCUT2D eigenvalue weighted by Gasteiger charge is 2.18. The number of hydrogen-bond acceptors (Lipinski definition) is 2. The summed E-state index contributed by atoms with van der Waals surface area (Å²) in [4.78, 5) is 4.66. The maximum atomic E-state index is 9.80. The van der Waals surface area contributed by atoms with Crippen LogP contribution < -0.4 is 0 Å². The third-order valence-electron chi connectivity index (χ3n) is 3.25. The van der Waals surface area contributed by atoms with Crippen LogP contribution in [0.25, 0.3) is 11.0 Å². The van der Waals surface area contributed by atoms with Crippen molar-refractivity contribution < 1.29 is 5.11 Å². The number of aliphatic hydroxyl groups excluding tert-OH is 1. The van der Waals surface area contributed by atoms with E-state index >= 15 is 0 Å². The van der Waals surface area contributed by atoms with Crippen molar-refractivity contribution >= 4 is 11.0 Å². The van der Waals surface area contributed by atoms with Crippen LogP contribution >= 0.6 is 0 Å². The first-order chi connectivity index (χ1) is 8.15. The number of aromatic nitrogens is 2. The summed E-state index contributed by atoms with van der Waals surface area (Å²) in [6.45, 7) is 6.02. The molecule has 1 aromatic heterocycles. The molecule has 0 aliphatic carbocycles. The lowest BCUT2D eigenvalue weighted by Crippen LogP contribution is -2.20. The minimum Gasteiger partial charge on any atom is -0.391 e. The molecule has 17 heavy (non-hydrogen) atoms. The summed E-state index contributed by atoms with van der Waals surface area (Å²) in [6, 6.07) is 8.18. The zero-order valence-electron chi connectivity index (χ0n) is 10.7. The summed E-state index contributed by atoms with van der Waals surface area (Å²) >= 11 is 0. The van der Waals surface area contributed by atoms with Gasteiger partial charge < -0.3 is 9.67 Å². The van der Waals surface area contributed by atoms with E-state index in [9.17, 15) is 5.11 Å². The highest BCUT2D eigenvalue weighted by molar-refractivity contribution is 5.76. The molecule has 3 nitrogen and oxygen atoms in total. The maximum Gasteiger partial charge on any atom is 0.110 e. The molecule has 0 radical (unpaired) electrons. The average molecular weight is 232 g/mol. The van der Waals surface area contributed by atoms with E-state index in [-0.39, 0.29) is 12.1 Å². The molecule has 2 unspecified atom stereocenters. The molecule has 0 amide bonds. The Morgan fingerprint density at radius 1 is 1.29 bits per heavy atom. The number of benzene rings is 1. The van der Waals surface area contributed by atoms with Crippen molar-refractivity contribution in [3.8, 4) is 0 Å². The number of nitrogens with zero attached hydrogens (tertiary/aromatic N) is 2. The van der Waals surface area contributed by atoms with Gasteiger partial charge in [0.25, 0.3) is 0 Å². The largest absolute Gasteiger partial charge is 0.391 e. The number of fused-ring (bicyclic) bond motifs is 1. The molecule has 2 rings (SSSR count). The Balaban J connectivity index is 2.59. The van der Waals surface area contributed by atoms with Gasteiger partial charge in [0.15, 0.2) is 0 Å². The number of hydrogen-bond donors (Lipinski definition) is 1. The highest BCUT2D eigenvalue weighted by atomic mass is 16.3. The molecule has 0 bridgehead atoms. The second-order valence-corrected chi connectivity index (χ2v) is 4.62. The highest BCUT2D eigenvalue weighted by Crippen LogP contribution is 2.23. The molecule has 1 heterocycles. The smallest absolute Gasteiger partial charge is 0.110 e. The molecule has 92 valence electrons. The summed E-state index contributed by atoms with van der Waals surface area (Å²) in [5.74, 6) is 1.07. The fourth-order valence-corrected chi connectivity index (χ4v) is 2.16. The summed E-state index contributed by atoms with van der Waals surface area (Å²) in [7, 11) is 0. The van der Waals surface area contributed by atoms with Crippen molar-refractivity contribution in [2.75, 3.05) is 0 Å². The van der Waals surface area contributed by atoms with Gasteiger partial charge in [0.05, 0.1) is 23.2 Å². The summed E-state index contributed by atoms with van der Waals surface area (Å²) < 4.78 is 2.17. The summed E-state index contributed by atoms with van der Waals surface area (Å²) in [5, 5.41) is 9.80. The van der Waals surface area contributed by atoms with Gasteiger partial charge in [0.2, 0.25) is 0 Å².